The van der Waals surface area contributed by atoms with Crippen LogP contribution in [0.15, 0.2) is 70.4 Å². The molecular weight excluding hydrogens is 573 g/mol. The molecule has 0 bridgehead atoms. The number of halogens is 2. The lowest BCUT2D eigenvalue weighted by Gasteiger charge is -2.29. The summed E-state index contributed by atoms with van der Waals surface area (Å²) in [6.45, 7) is 5.89. The molecule has 1 N–H and O–H groups in total. The van der Waals surface area contributed by atoms with E-state index in [2.05, 4.69) is 50.4 Å². The van der Waals surface area contributed by atoms with E-state index in [9.17, 15) is 9.59 Å². The maximum atomic E-state index is 13.4. The molecule has 1 aliphatic heterocycles. The highest BCUT2D eigenvalue weighted by atomic mass is 127. The first-order valence-corrected chi connectivity index (χ1v) is 11.4. The summed E-state index contributed by atoms with van der Waals surface area (Å²) in [4.78, 5) is 26.2. The first-order valence-electron chi connectivity index (χ1n) is 9.56. The van der Waals surface area contributed by atoms with Gasteiger partial charge in [-0.25, -0.2) is 4.79 Å². The summed E-state index contributed by atoms with van der Waals surface area (Å²) < 4.78 is 12.5. The minimum Gasteiger partial charge on any atom is -0.487 e. The van der Waals surface area contributed by atoms with Crippen molar-refractivity contribution < 1.29 is 19.1 Å². The molecule has 0 saturated heterocycles. The van der Waals surface area contributed by atoms with Gasteiger partial charge in [0, 0.05) is 28.3 Å². The summed E-state index contributed by atoms with van der Waals surface area (Å²) in [6.07, 6.45) is 1.68. The molecular formula is C24H19BrINO4. The van der Waals surface area contributed by atoms with Crippen molar-refractivity contribution in [2.24, 2.45) is 0 Å². The number of carbonyl (C=O) groups is 2. The van der Waals surface area contributed by atoms with Crippen LogP contribution in [0.4, 0.5) is 0 Å². The summed E-state index contributed by atoms with van der Waals surface area (Å²) in [5.74, 6) is -0.436. The second kappa shape index (κ2) is 8.63. The minimum atomic E-state index is -0.568. The SMILES string of the molecule is C=CCOc1c(Br)cc([C@H]2C(C(=O)OC)=C(C)NC3=C2C(=O)c2ccccc23)cc1I. The van der Waals surface area contributed by atoms with Gasteiger partial charge in [-0.3, -0.25) is 4.79 Å². The van der Waals surface area contributed by atoms with Crippen LogP contribution >= 0.6 is 38.5 Å². The van der Waals surface area contributed by atoms with Crippen molar-refractivity contribution in [3.63, 3.8) is 0 Å². The molecule has 2 aromatic carbocycles. The Morgan fingerprint density at radius 3 is 2.65 bits per heavy atom. The van der Waals surface area contributed by atoms with E-state index in [1.165, 1.54) is 7.11 Å². The average Bonchev–Trinajstić information content (AvgIpc) is 3.03. The third-order valence-electron chi connectivity index (χ3n) is 5.35. The molecule has 158 valence electrons. The lowest BCUT2D eigenvalue weighted by molar-refractivity contribution is -0.136. The molecule has 7 heteroatoms. The fraction of sp³-hybridized carbons (Fsp3) is 0.167. The van der Waals surface area contributed by atoms with E-state index >= 15 is 0 Å². The van der Waals surface area contributed by atoms with Crippen LogP contribution in [0.1, 0.15) is 34.3 Å². The normalized spacial score (nSPS) is 17.2. The summed E-state index contributed by atoms with van der Waals surface area (Å²) in [5.41, 5.74) is 4.66. The van der Waals surface area contributed by atoms with Crippen molar-refractivity contribution in [3.05, 3.63) is 90.6 Å². The van der Waals surface area contributed by atoms with E-state index in [4.69, 9.17) is 9.47 Å². The topological polar surface area (TPSA) is 64.6 Å². The number of esters is 1. The quantitative estimate of drug-likeness (QED) is 0.288. The van der Waals surface area contributed by atoms with Gasteiger partial charge in [-0.2, -0.15) is 0 Å². The van der Waals surface area contributed by atoms with Crippen LogP contribution in [-0.2, 0) is 9.53 Å². The van der Waals surface area contributed by atoms with E-state index in [1.54, 1.807) is 6.08 Å². The van der Waals surface area contributed by atoms with Crippen LogP contribution in [0.5, 0.6) is 5.75 Å². The van der Waals surface area contributed by atoms with E-state index in [-0.39, 0.29) is 5.78 Å². The molecule has 1 heterocycles. The zero-order chi connectivity index (χ0) is 22.3. The van der Waals surface area contributed by atoms with Gasteiger partial charge in [-0.15, -0.1) is 0 Å². The number of ketones is 1. The Morgan fingerprint density at radius 2 is 2.00 bits per heavy atom. The number of dihydropyridines is 1. The van der Waals surface area contributed by atoms with Gasteiger partial charge in [0.1, 0.15) is 12.4 Å². The van der Waals surface area contributed by atoms with Gasteiger partial charge < -0.3 is 14.8 Å². The molecule has 0 unspecified atom stereocenters. The number of benzene rings is 2. The maximum Gasteiger partial charge on any atom is 0.336 e. The smallest absolute Gasteiger partial charge is 0.336 e. The lowest BCUT2D eigenvalue weighted by Crippen LogP contribution is -2.29. The molecule has 1 atom stereocenters. The molecule has 2 aliphatic rings. The van der Waals surface area contributed by atoms with E-state index < -0.39 is 11.9 Å². The van der Waals surface area contributed by atoms with Crippen molar-refractivity contribution in [1.29, 1.82) is 0 Å². The van der Waals surface area contributed by atoms with Gasteiger partial charge in [-0.1, -0.05) is 36.9 Å². The third kappa shape index (κ3) is 3.63. The van der Waals surface area contributed by atoms with Gasteiger partial charge in [0.05, 0.1) is 26.4 Å². The number of rotatable bonds is 5. The number of ether oxygens (including phenoxy) is 2. The first-order chi connectivity index (χ1) is 14.9. The molecule has 31 heavy (non-hydrogen) atoms. The fourth-order valence-corrected chi connectivity index (χ4v) is 5.84. The Hall–Kier alpha value is -2.39. The number of Topliss-reactive ketones (excluding diaryl/α,β-unsaturated/α-hetero) is 1. The zero-order valence-corrected chi connectivity index (χ0v) is 20.7. The largest absolute Gasteiger partial charge is 0.487 e. The van der Waals surface area contributed by atoms with Crippen molar-refractivity contribution >= 4 is 56.0 Å². The molecule has 1 aliphatic carbocycles. The van der Waals surface area contributed by atoms with Crippen molar-refractivity contribution in [1.82, 2.24) is 5.32 Å². The second-order valence-corrected chi connectivity index (χ2v) is 9.18. The molecule has 0 radical (unpaired) electrons. The second-order valence-electron chi connectivity index (χ2n) is 7.17. The van der Waals surface area contributed by atoms with Crippen LogP contribution in [0.3, 0.4) is 0 Å². The number of hydrogen-bond acceptors (Lipinski definition) is 5. The number of carbonyl (C=O) groups excluding carboxylic acids is 2. The Labute approximate surface area is 202 Å². The molecule has 0 spiro atoms. The van der Waals surface area contributed by atoms with E-state index in [1.807, 2.05) is 43.3 Å². The van der Waals surface area contributed by atoms with Crippen LogP contribution in [0.2, 0.25) is 0 Å². The number of fused-ring (bicyclic) bond motifs is 2. The van der Waals surface area contributed by atoms with Crippen LogP contribution in [0, 0.1) is 3.57 Å². The van der Waals surface area contributed by atoms with Crippen molar-refractivity contribution in [2.75, 3.05) is 13.7 Å². The maximum absolute atomic E-state index is 13.4. The van der Waals surface area contributed by atoms with Gasteiger partial charge in [0.25, 0.3) is 0 Å². The van der Waals surface area contributed by atoms with Crippen molar-refractivity contribution in [2.45, 2.75) is 12.8 Å². The molecule has 0 fully saturated rings. The Bertz CT molecular complexity index is 1170. The first kappa shape index (κ1) is 21.8. The monoisotopic (exact) mass is 591 g/mol. The summed E-state index contributed by atoms with van der Waals surface area (Å²) in [7, 11) is 1.35. The Morgan fingerprint density at radius 1 is 1.29 bits per heavy atom. The fourth-order valence-electron chi connectivity index (χ4n) is 4.07. The summed E-state index contributed by atoms with van der Waals surface area (Å²) >= 11 is 5.78. The highest BCUT2D eigenvalue weighted by molar-refractivity contribution is 14.1. The van der Waals surface area contributed by atoms with Gasteiger partial charge in [0.2, 0.25) is 0 Å². The lowest BCUT2D eigenvalue weighted by atomic mass is 9.80. The number of allylic oxidation sites excluding steroid dienone is 2. The average molecular weight is 592 g/mol. The molecule has 5 nitrogen and oxygen atoms in total. The third-order valence-corrected chi connectivity index (χ3v) is 6.74. The van der Waals surface area contributed by atoms with E-state index in [0.717, 1.165) is 24.9 Å². The predicted molar refractivity (Wildman–Crippen MR) is 131 cm³/mol. The molecule has 0 saturated carbocycles. The van der Waals surface area contributed by atoms with Crippen LogP contribution in [-0.4, -0.2) is 25.5 Å². The van der Waals surface area contributed by atoms with Crippen LogP contribution in [0.25, 0.3) is 5.70 Å². The minimum absolute atomic E-state index is 0.0879. The predicted octanol–water partition coefficient (Wildman–Crippen LogP) is 5.36. The number of nitrogens with one attached hydrogen (secondary N) is 1. The highest BCUT2D eigenvalue weighted by Crippen LogP contribution is 2.48. The van der Waals surface area contributed by atoms with E-state index in [0.29, 0.717) is 34.8 Å². The van der Waals surface area contributed by atoms with Crippen molar-refractivity contribution in [3.8, 4) is 5.75 Å². The van der Waals surface area contributed by atoms with Gasteiger partial charge >= 0.3 is 5.97 Å². The highest BCUT2D eigenvalue weighted by Gasteiger charge is 2.43. The standard InChI is InChI=1S/C24H19BrINO4/c1-4-9-31-23-16(25)10-13(11-17(23)26)19-18(24(29)30-3)12(2)27-21-14-7-5-6-8-15(14)22(28)20(19)21/h4-8,10-11,19,27H,1,9H2,2-3H3/t19-/m0/s1. The van der Waals surface area contributed by atoms with Gasteiger partial charge in [0.15, 0.2) is 5.78 Å². The van der Waals surface area contributed by atoms with Crippen LogP contribution < -0.4 is 10.1 Å². The Kier molecular flexibility index (Phi) is 6.07. The van der Waals surface area contributed by atoms with Gasteiger partial charge in [-0.05, 0) is 63.1 Å². The molecule has 2 aromatic rings. The zero-order valence-electron chi connectivity index (χ0n) is 16.9. The summed E-state index contributed by atoms with van der Waals surface area (Å²) in [5, 5.41) is 3.29. The number of methoxy groups -OCH3 is 1. The molecule has 0 amide bonds. The molecule has 0 aromatic heterocycles. The summed E-state index contributed by atoms with van der Waals surface area (Å²) in [6, 6.07) is 11.3. The molecule has 4 rings (SSSR count). The Balaban J connectivity index is 1.92. The number of hydrogen-bond donors (Lipinski definition) is 1.